The Morgan fingerprint density at radius 1 is 1.04 bits per heavy atom. The van der Waals surface area contributed by atoms with Crippen LogP contribution in [0, 0.1) is 6.92 Å². The summed E-state index contributed by atoms with van der Waals surface area (Å²) in [7, 11) is 3.11. The third-order valence-electron chi connectivity index (χ3n) is 3.15. The highest BCUT2D eigenvalue weighted by Gasteiger charge is 2.07. The van der Waals surface area contributed by atoms with E-state index in [1.165, 1.54) is 0 Å². The largest absolute Gasteiger partial charge is 0.496 e. The predicted octanol–water partition coefficient (Wildman–Crippen LogP) is 3.79. The van der Waals surface area contributed by atoms with Crippen molar-refractivity contribution in [3.63, 3.8) is 0 Å². The average Bonchev–Trinajstić information content (AvgIpc) is 2.56. The van der Waals surface area contributed by atoms with Gasteiger partial charge in [-0.3, -0.25) is 4.79 Å². The number of nitrogens with one attached hydrogen (secondary N) is 1. The second kappa shape index (κ2) is 7.87. The van der Waals surface area contributed by atoms with E-state index in [9.17, 15) is 4.79 Å². The highest BCUT2D eigenvalue weighted by atomic mass is 79.9. The summed E-state index contributed by atoms with van der Waals surface area (Å²) in [5.74, 6) is 1.45. The van der Waals surface area contributed by atoms with E-state index < -0.39 is 0 Å². The van der Waals surface area contributed by atoms with E-state index in [4.69, 9.17) is 14.2 Å². The summed E-state index contributed by atoms with van der Waals surface area (Å²) in [5.41, 5.74) is 1.81. The van der Waals surface area contributed by atoms with E-state index >= 15 is 0 Å². The van der Waals surface area contributed by atoms with Crippen LogP contribution in [-0.2, 0) is 4.79 Å². The van der Waals surface area contributed by atoms with Gasteiger partial charge in [0.25, 0.3) is 5.91 Å². The van der Waals surface area contributed by atoms with Gasteiger partial charge in [-0.2, -0.15) is 0 Å². The Labute approximate surface area is 143 Å². The zero-order chi connectivity index (χ0) is 16.8. The van der Waals surface area contributed by atoms with Crippen molar-refractivity contribution in [2.45, 2.75) is 6.92 Å². The number of benzene rings is 2. The molecule has 0 aliphatic rings. The Morgan fingerprint density at radius 2 is 1.65 bits per heavy atom. The van der Waals surface area contributed by atoms with Gasteiger partial charge in [-0.05, 0) is 24.6 Å². The Bertz CT molecular complexity index is 681. The highest BCUT2D eigenvalue weighted by molar-refractivity contribution is 9.10. The van der Waals surface area contributed by atoms with Gasteiger partial charge in [0.1, 0.15) is 17.2 Å². The van der Waals surface area contributed by atoms with Crippen LogP contribution in [0.15, 0.2) is 40.9 Å². The zero-order valence-electron chi connectivity index (χ0n) is 13.2. The van der Waals surface area contributed by atoms with Gasteiger partial charge in [0.2, 0.25) is 0 Å². The molecule has 0 aliphatic heterocycles. The van der Waals surface area contributed by atoms with Crippen LogP contribution in [0.5, 0.6) is 17.2 Å². The van der Waals surface area contributed by atoms with Gasteiger partial charge < -0.3 is 19.5 Å². The Hall–Kier alpha value is -2.21. The van der Waals surface area contributed by atoms with Crippen LogP contribution in [0.3, 0.4) is 0 Å². The van der Waals surface area contributed by atoms with Crippen molar-refractivity contribution in [2.24, 2.45) is 0 Å². The van der Waals surface area contributed by atoms with Crippen molar-refractivity contribution in [1.82, 2.24) is 0 Å². The van der Waals surface area contributed by atoms with E-state index in [1.807, 2.05) is 25.1 Å². The van der Waals surface area contributed by atoms with E-state index in [2.05, 4.69) is 21.2 Å². The van der Waals surface area contributed by atoms with Crippen LogP contribution >= 0.6 is 15.9 Å². The molecule has 0 spiro atoms. The number of hydrogen-bond donors (Lipinski definition) is 1. The smallest absolute Gasteiger partial charge is 0.262 e. The van der Waals surface area contributed by atoms with Crippen LogP contribution < -0.4 is 19.5 Å². The van der Waals surface area contributed by atoms with Crippen molar-refractivity contribution in [2.75, 3.05) is 26.1 Å². The molecule has 1 N–H and O–H groups in total. The number of carbonyl (C=O) groups excluding carboxylic acids is 1. The van der Waals surface area contributed by atoms with Crippen molar-refractivity contribution in [3.05, 3.63) is 46.4 Å². The zero-order valence-corrected chi connectivity index (χ0v) is 14.8. The maximum Gasteiger partial charge on any atom is 0.262 e. The molecule has 2 aromatic carbocycles. The normalized spacial score (nSPS) is 10.1. The fourth-order valence-electron chi connectivity index (χ4n) is 1.88. The Kier molecular flexibility index (Phi) is 5.87. The molecular weight excluding hydrogens is 362 g/mol. The monoisotopic (exact) mass is 379 g/mol. The molecule has 23 heavy (non-hydrogen) atoms. The molecule has 0 bridgehead atoms. The molecular formula is C17H18BrNO4. The number of rotatable bonds is 6. The van der Waals surface area contributed by atoms with Crippen molar-refractivity contribution in [3.8, 4) is 17.2 Å². The van der Waals surface area contributed by atoms with Gasteiger partial charge >= 0.3 is 0 Å². The third-order valence-corrected chi connectivity index (χ3v) is 4.00. The van der Waals surface area contributed by atoms with Crippen LogP contribution in [0.1, 0.15) is 5.56 Å². The quantitative estimate of drug-likeness (QED) is 0.829. The molecule has 0 unspecified atom stereocenters. The van der Waals surface area contributed by atoms with Gasteiger partial charge in [-0.1, -0.05) is 22.0 Å². The van der Waals surface area contributed by atoms with Crippen LogP contribution in [0.25, 0.3) is 0 Å². The standard InChI is InChI=1S/C17H18BrNO4/c1-11-4-5-12(6-16(11)18)19-17(20)10-23-15-8-13(21-2)7-14(9-15)22-3/h4-9H,10H2,1-3H3,(H,19,20). The highest BCUT2D eigenvalue weighted by Crippen LogP contribution is 2.27. The molecule has 5 nitrogen and oxygen atoms in total. The van der Waals surface area contributed by atoms with Crippen molar-refractivity contribution in [1.29, 1.82) is 0 Å². The molecule has 2 aromatic rings. The molecule has 6 heteroatoms. The fraction of sp³-hybridized carbons (Fsp3) is 0.235. The number of carbonyl (C=O) groups is 1. The molecule has 2 rings (SSSR count). The van der Waals surface area contributed by atoms with Gasteiger partial charge in [0.15, 0.2) is 6.61 Å². The van der Waals surface area contributed by atoms with E-state index in [-0.39, 0.29) is 12.5 Å². The first kappa shape index (κ1) is 17.1. The lowest BCUT2D eigenvalue weighted by molar-refractivity contribution is -0.118. The summed E-state index contributed by atoms with van der Waals surface area (Å²) in [5, 5.41) is 2.78. The number of halogens is 1. The summed E-state index contributed by atoms with van der Waals surface area (Å²) in [6.45, 7) is 1.87. The fourth-order valence-corrected chi connectivity index (χ4v) is 2.26. The SMILES string of the molecule is COc1cc(OC)cc(OCC(=O)Nc2ccc(C)c(Br)c2)c1. The lowest BCUT2D eigenvalue weighted by Crippen LogP contribution is -2.20. The van der Waals surface area contributed by atoms with Crippen LogP contribution in [0.2, 0.25) is 0 Å². The van der Waals surface area contributed by atoms with Gasteiger partial charge in [0.05, 0.1) is 14.2 Å². The molecule has 0 saturated heterocycles. The van der Waals surface area contributed by atoms with Gasteiger partial charge in [-0.15, -0.1) is 0 Å². The first-order valence-corrected chi connectivity index (χ1v) is 7.73. The molecule has 0 fully saturated rings. The number of hydrogen-bond acceptors (Lipinski definition) is 4. The van der Waals surface area contributed by atoms with Crippen molar-refractivity contribution >= 4 is 27.5 Å². The number of anilines is 1. The second-order valence-corrected chi connectivity index (χ2v) is 5.70. The minimum Gasteiger partial charge on any atom is -0.496 e. The first-order chi connectivity index (χ1) is 11.0. The lowest BCUT2D eigenvalue weighted by atomic mass is 10.2. The van der Waals surface area contributed by atoms with Crippen LogP contribution in [0.4, 0.5) is 5.69 Å². The molecule has 0 aliphatic carbocycles. The maximum absolute atomic E-state index is 12.0. The molecule has 0 aromatic heterocycles. The van der Waals surface area contributed by atoms with E-state index in [0.717, 1.165) is 10.0 Å². The minimum absolute atomic E-state index is 0.109. The molecule has 122 valence electrons. The molecule has 0 heterocycles. The number of ether oxygens (including phenoxy) is 3. The van der Waals surface area contributed by atoms with E-state index in [1.54, 1.807) is 32.4 Å². The summed E-state index contributed by atoms with van der Waals surface area (Å²) in [4.78, 5) is 12.0. The Morgan fingerprint density at radius 3 is 2.22 bits per heavy atom. The van der Waals surface area contributed by atoms with E-state index in [0.29, 0.717) is 22.9 Å². The number of amides is 1. The molecule has 0 saturated carbocycles. The summed E-state index contributed by atoms with van der Waals surface area (Å²) >= 11 is 3.43. The number of methoxy groups -OCH3 is 2. The summed E-state index contributed by atoms with van der Waals surface area (Å²) in [6.07, 6.45) is 0. The average molecular weight is 380 g/mol. The van der Waals surface area contributed by atoms with Crippen molar-refractivity contribution < 1.29 is 19.0 Å². The minimum atomic E-state index is -0.248. The lowest BCUT2D eigenvalue weighted by Gasteiger charge is -2.11. The second-order valence-electron chi connectivity index (χ2n) is 4.85. The summed E-state index contributed by atoms with van der Waals surface area (Å²) in [6, 6.07) is 10.7. The molecule has 0 atom stereocenters. The number of aryl methyl sites for hydroxylation is 1. The molecule has 1 amide bonds. The predicted molar refractivity (Wildman–Crippen MR) is 92.5 cm³/mol. The summed E-state index contributed by atoms with van der Waals surface area (Å²) < 4.78 is 16.8. The topological polar surface area (TPSA) is 56.8 Å². The Balaban J connectivity index is 1.97. The third kappa shape index (κ3) is 4.89. The van der Waals surface area contributed by atoms with Gasteiger partial charge in [-0.25, -0.2) is 0 Å². The van der Waals surface area contributed by atoms with Gasteiger partial charge in [0, 0.05) is 28.4 Å². The molecule has 0 radical (unpaired) electrons. The first-order valence-electron chi connectivity index (χ1n) is 6.93. The van der Waals surface area contributed by atoms with Crippen LogP contribution in [-0.4, -0.2) is 26.7 Å². The maximum atomic E-state index is 12.0.